The Kier molecular flexibility index (Phi) is 7.65. The van der Waals surface area contributed by atoms with E-state index in [9.17, 15) is 14.4 Å². The molecule has 1 N–H and O–H groups in total. The lowest BCUT2D eigenvalue weighted by atomic mass is 10.0. The van der Waals surface area contributed by atoms with Gasteiger partial charge in [0.05, 0.1) is 12.8 Å². The van der Waals surface area contributed by atoms with Crippen molar-refractivity contribution in [3.05, 3.63) is 106 Å². The average molecular weight is 547 g/mol. The maximum atomic E-state index is 13.2. The number of carbonyl (C=O) groups excluding carboxylic acids is 3. The quantitative estimate of drug-likeness (QED) is 0.231. The van der Waals surface area contributed by atoms with Crippen LogP contribution in [0.4, 0.5) is 10.5 Å². The molecule has 0 spiro atoms. The molecular weight excluding hydrogens is 524 g/mol. The van der Waals surface area contributed by atoms with E-state index in [1.165, 1.54) is 13.2 Å². The number of hydrogen-bond acceptors (Lipinski definition) is 5. The first-order valence-electron chi connectivity index (χ1n) is 11.1. The smallest absolute Gasteiger partial charge is 0.335 e. The minimum absolute atomic E-state index is 0.179. The number of urea groups is 1. The number of benzene rings is 3. The van der Waals surface area contributed by atoms with Crippen molar-refractivity contribution in [2.24, 2.45) is 0 Å². The average Bonchev–Trinajstić information content (AvgIpc) is 2.87. The maximum absolute atomic E-state index is 13.2. The second kappa shape index (κ2) is 11.0. The summed E-state index contributed by atoms with van der Waals surface area (Å²) in [5.41, 5.74) is 2.48. The lowest BCUT2D eigenvalue weighted by Gasteiger charge is -2.26. The highest BCUT2D eigenvalue weighted by atomic mass is 79.9. The van der Waals surface area contributed by atoms with Gasteiger partial charge in [0.15, 0.2) is 11.5 Å². The Morgan fingerprint density at radius 3 is 2.42 bits per heavy atom. The van der Waals surface area contributed by atoms with Gasteiger partial charge in [-0.25, -0.2) is 9.69 Å². The van der Waals surface area contributed by atoms with Crippen LogP contribution >= 0.6 is 15.9 Å². The van der Waals surface area contributed by atoms with E-state index in [0.29, 0.717) is 35.8 Å². The van der Waals surface area contributed by atoms with Gasteiger partial charge in [0.1, 0.15) is 12.2 Å². The fourth-order valence-electron chi connectivity index (χ4n) is 3.77. The van der Waals surface area contributed by atoms with Gasteiger partial charge in [0.25, 0.3) is 11.8 Å². The van der Waals surface area contributed by atoms with Crippen LogP contribution in [-0.2, 0) is 22.6 Å². The molecule has 0 aromatic heterocycles. The van der Waals surface area contributed by atoms with Gasteiger partial charge in [-0.3, -0.25) is 14.9 Å². The van der Waals surface area contributed by atoms with Crippen LogP contribution in [0.1, 0.15) is 16.7 Å². The molecule has 3 aromatic carbocycles. The largest absolute Gasteiger partial charge is 0.493 e. The summed E-state index contributed by atoms with van der Waals surface area (Å²) < 4.78 is 12.5. The predicted octanol–water partition coefficient (Wildman–Crippen LogP) is 5.43. The van der Waals surface area contributed by atoms with Crippen molar-refractivity contribution >= 4 is 45.5 Å². The van der Waals surface area contributed by atoms with Crippen LogP contribution in [0.25, 0.3) is 6.08 Å². The first-order valence-corrected chi connectivity index (χ1v) is 11.9. The molecule has 0 atom stereocenters. The van der Waals surface area contributed by atoms with E-state index in [1.54, 1.807) is 42.5 Å². The molecule has 36 heavy (non-hydrogen) atoms. The van der Waals surface area contributed by atoms with Crippen molar-refractivity contribution in [1.29, 1.82) is 0 Å². The summed E-state index contributed by atoms with van der Waals surface area (Å²) in [5, 5.41) is 2.24. The number of nitrogens with zero attached hydrogens (tertiary/aromatic N) is 1. The van der Waals surface area contributed by atoms with Gasteiger partial charge in [0, 0.05) is 10.0 Å². The van der Waals surface area contributed by atoms with E-state index < -0.39 is 17.8 Å². The van der Waals surface area contributed by atoms with E-state index in [4.69, 9.17) is 9.47 Å². The Bertz CT molecular complexity index is 1350. The van der Waals surface area contributed by atoms with Gasteiger partial charge in [-0.15, -0.1) is 6.58 Å². The third kappa shape index (κ3) is 5.39. The van der Waals surface area contributed by atoms with Gasteiger partial charge in [-0.05, 0) is 60.0 Å². The molecule has 1 saturated heterocycles. The third-order valence-electron chi connectivity index (χ3n) is 5.46. The molecule has 8 heteroatoms. The van der Waals surface area contributed by atoms with Crippen LogP contribution < -0.4 is 19.7 Å². The maximum Gasteiger partial charge on any atom is 0.335 e. The van der Waals surface area contributed by atoms with Gasteiger partial charge in [-0.1, -0.05) is 52.3 Å². The van der Waals surface area contributed by atoms with Crippen molar-refractivity contribution < 1.29 is 23.9 Å². The molecule has 0 aliphatic carbocycles. The molecule has 0 saturated carbocycles. The lowest BCUT2D eigenvalue weighted by Crippen LogP contribution is -2.54. The van der Waals surface area contributed by atoms with E-state index in [2.05, 4.69) is 27.8 Å². The Hall–Kier alpha value is -4.17. The second-order valence-corrected chi connectivity index (χ2v) is 8.83. The highest BCUT2D eigenvalue weighted by Crippen LogP contribution is 2.35. The SMILES string of the molecule is C=CCc1cc(/C=C2\C(=O)NC(=O)N(c3ccc(Br)cc3)C2=O)cc(OC)c1OCc1ccccc1. The van der Waals surface area contributed by atoms with Crippen molar-refractivity contribution in [2.75, 3.05) is 12.0 Å². The van der Waals surface area contributed by atoms with Crippen LogP contribution in [0.5, 0.6) is 11.5 Å². The van der Waals surface area contributed by atoms with Crippen LogP contribution in [0.2, 0.25) is 0 Å². The number of nitrogens with one attached hydrogen (secondary N) is 1. The van der Waals surface area contributed by atoms with Crippen LogP contribution in [0.3, 0.4) is 0 Å². The molecule has 3 aromatic rings. The number of halogens is 1. The van der Waals surface area contributed by atoms with E-state index in [-0.39, 0.29) is 5.57 Å². The topological polar surface area (TPSA) is 84.9 Å². The van der Waals surface area contributed by atoms with E-state index in [0.717, 1.165) is 20.5 Å². The fourth-order valence-corrected chi connectivity index (χ4v) is 4.03. The molecule has 1 aliphatic rings. The Balaban J connectivity index is 1.70. The van der Waals surface area contributed by atoms with Gasteiger partial charge in [0.2, 0.25) is 0 Å². The molecule has 1 fully saturated rings. The molecule has 7 nitrogen and oxygen atoms in total. The summed E-state index contributed by atoms with van der Waals surface area (Å²) in [6.07, 6.45) is 3.64. The molecule has 0 bridgehead atoms. The number of amides is 4. The van der Waals surface area contributed by atoms with Crippen molar-refractivity contribution in [3.8, 4) is 11.5 Å². The molecule has 4 amide bonds. The third-order valence-corrected chi connectivity index (χ3v) is 5.99. The summed E-state index contributed by atoms with van der Waals surface area (Å²) in [4.78, 5) is 39.2. The first-order chi connectivity index (χ1) is 17.4. The Morgan fingerprint density at radius 1 is 1.03 bits per heavy atom. The summed E-state index contributed by atoms with van der Waals surface area (Å²) in [7, 11) is 1.52. The zero-order chi connectivity index (χ0) is 25.7. The van der Waals surface area contributed by atoms with Gasteiger partial charge < -0.3 is 9.47 Å². The predicted molar refractivity (Wildman–Crippen MR) is 141 cm³/mol. The van der Waals surface area contributed by atoms with Crippen molar-refractivity contribution in [2.45, 2.75) is 13.0 Å². The zero-order valence-electron chi connectivity index (χ0n) is 19.5. The zero-order valence-corrected chi connectivity index (χ0v) is 21.1. The standard InChI is InChI=1S/C28H23BrN2O5/c1-3-7-20-14-19(16-24(35-2)25(20)36-17-18-8-5-4-6-9-18)15-23-26(32)30-28(34)31(27(23)33)22-12-10-21(29)11-13-22/h3-6,8-16H,1,7,17H2,2H3,(H,30,32,34)/b23-15+. The molecule has 182 valence electrons. The van der Waals surface area contributed by atoms with Gasteiger partial charge >= 0.3 is 6.03 Å². The van der Waals surface area contributed by atoms with Crippen LogP contribution in [0.15, 0.2) is 89.4 Å². The number of rotatable bonds is 8. The Morgan fingerprint density at radius 2 is 1.75 bits per heavy atom. The molecule has 1 aliphatic heterocycles. The summed E-state index contributed by atoms with van der Waals surface area (Å²) >= 11 is 3.33. The highest BCUT2D eigenvalue weighted by Gasteiger charge is 2.36. The summed E-state index contributed by atoms with van der Waals surface area (Å²) in [5.74, 6) is -0.497. The number of carbonyl (C=O) groups is 3. The lowest BCUT2D eigenvalue weighted by molar-refractivity contribution is -0.122. The number of barbiturate groups is 1. The van der Waals surface area contributed by atoms with E-state index >= 15 is 0 Å². The first kappa shape index (κ1) is 24.9. The minimum Gasteiger partial charge on any atom is -0.493 e. The van der Waals surface area contributed by atoms with Crippen LogP contribution in [0, 0.1) is 0 Å². The normalized spacial score (nSPS) is 14.6. The fraction of sp³-hybridized carbons (Fsp3) is 0.107. The molecule has 4 rings (SSSR count). The molecule has 1 heterocycles. The number of ether oxygens (including phenoxy) is 2. The highest BCUT2D eigenvalue weighted by molar-refractivity contribution is 9.10. The van der Waals surface area contributed by atoms with Crippen molar-refractivity contribution in [3.63, 3.8) is 0 Å². The van der Waals surface area contributed by atoms with Crippen LogP contribution in [-0.4, -0.2) is 25.0 Å². The monoisotopic (exact) mass is 546 g/mol. The minimum atomic E-state index is -0.806. The Labute approximate surface area is 217 Å². The summed E-state index contributed by atoms with van der Waals surface area (Å²) in [6, 6.07) is 19.0. The molecule has 0 radical (unpaired) electrons. The number of anilines is 1. The second-order valence-electron chi connectivity index (χ2n) is 7.91. The molecular formula is C28H23BrN2O5. The number of allylic oxidation sites excluding steroid dienone is 1. The summed E-state index contributed by atoms with van der Waals surface area (Å²) in [6.45, 7) is 4.16. The molecule has 0 unspecified atom stereocenters. The van der Waals surface area contributed by atoms with Crippen molar-refractivity contribution in [1.82, 2.24) is 5.32 Å². The van der Waals surface area contributed by atoms with Gasteiger partial charge in [-0.2, -0.15) is 0 Å². The number of imide groups is 2. The van der Waals surface area contributed by atoms with E-state index in [1.807, 2.05) is 30.3 Å². The number of hydrogen-bond donors (Lipinski definition) is 1. The number of methoxy groups -OCH3 is 1.